The lowest BCUT2D eigenvalue weighted by Crippen LogP contribution is -2.28. The number of likely N-dealkylation sites (N-methyl/N-ethyl adjacent to an activating group) is 1. The van der Waals surface area contributed by atoms with Gasteiger partial charge in [-0.3, -0.25) is 0 Å². The van der Waals surface area contributed by atoms with Crippen molar-refractivity contribution in [1.82, 2.24) is 24.6 Å². The second-order valence-corrected chi connectivity index (χ2v) is 7.84. The summed E-state index contributed by atoms with van der Waals surface area (Å²) >= 11 is 0. The maximum absolute atomic E-state index is 12.6. The van der Waals surface area contributed by atoms with Crippen LogP contribution in [0.5, 0.6) is 0 Å². The molecule has 0 atom stereocenters. The largest absolute Gasteiger partial charge is 0.471 e. The Morgan fingerprint density at radius 3 is 2.56 bits per heavy atom. The Balaban J connectivity index is 1.67. The van der Waals surface area contributed by atoms with E-state index in [1.54, 1.807) is 6.08 Å². The van der Waals surface area contributed by atoms with E-state index in [0.717, 1.165) is 48.6 Å². The molecule has 0 unspecified atom stereocenters. The van der Waals surface area contributed by atoms with Crippen molar-refractivity contribution in [3.8, 4) is 0 Å². The minimum absolute atomic E-state index is 0.127. The van der Waals surface area contributed by atoms with Gasteiger partial charge in [0.05, 0.1) is 11.0 Å². The topological polar surface area (TPSA) is 60.0 Å². The fourth-order valence-electron chi connectivity index (χ4n) is 3.67. The van der Waals surface area contributed by atoms with Crippen molar-refractivity contribution in [2.24, 2.45) is 0 Å². The number of imidazole rings is 1. The van der Waals surface area contributed by atoms with Gasteiger partial charge in [-0.05, 0) is 50.2 Å². The zero-order valence-electron chi connectivity index (χ0n) is 18.8. The molecule has 0 bridgehead atoms. The van der Waals surface area contributed by atoms with Crippen LogP contribution >= 0.6 is 0 Å². The van der Waals surface area contributed by atoms with Gasteiger partial charge >= 0.3 is 12.1 Å². The molecule has 0 aliphatic heterocycles. The molecule has 0 amide bonds. The summed E-state index contributed by atoms with van der Waals surface area (Å²) in [5.41, 5.74) is 2.69. The number of aromatic nitrogens is 4. The highest BCUT2D eigenvalue weighted by atomic mass is 19.4. The van der Waals surface area contributed by atoms with Crippen LogP contribution in [0.3, 0.4) is 0 Å². The van der Waals surface area contributed by atoms with E-state index >= 15 is 0 Å². The SMILES string of the molecule is CCCCCCN(CC)CCn1c(C)nc2cc(/C=C/c3noc(C(F)(F)F)n3)ccc21. The van der Waals surface area contributed by atoms with Gasteiger partial charge < -0.3 is 14.0 Å². The molecule has 2 heterocycles. The smallest absolute Gasteiger partial charge is 0.329 e. The summed E-state index contributed by atoms with van der Waals surface area (Å²) in [5.74, 6) is -0.540. The summed E-state index contributed by atoms with van der Waals surface area (Å²) < 4.78 is 44.2. The average Bonchev–Trinajstić information content (AvgIpc) is 3.35. The number of benzene rings is 1. The molecule has 0 N–H and O–H groups in total. The third-order valence-corrected chi connectivity index (χ3v) is 5.49. The molecular weight excluding hydrogens is 419 g/mol. The van der Waals surface area contributed by atoms with Crippen LogP contribution in [0.2, 0.25) is 0 Å². The van der Waals surface area contributed by atoms with Crippen molar-refractivity contribution in [3.63, 3.8) is 0 Å². The van der Waals surface area contributed by atoms with Gasteiger partial charge in [-0.25, -0.2) is 4.98 Å². The minimum Gasteiger partial charge on any atom is -0.329 e. The summed E-state index contributed by atoms with van der Waals surface area (Å²) in [6, 6.07) is 5.80. The molecule has 1 aromatic carbocycles. The van der Waals surface area contributed by atoms with Gasteiger partial charge in [-0.2, -0.15) is 18.2 Å². The first kappa shape index (κ1) is 24.0. The highest BCUT2D eigenvalue weighted by Gasteiger charge is 2.38. The molecule has 174 valence electrons. The third kappa shape index (κ3) is 6.18. The van der Waals surface area contributed by atoms with Crippen LogP contribution in [0, 0.1) is 6.92 Å². The van der Waals surface area contributed by atoms with Crippen LogP contribution in [0.1, 0.15) is 62.6 Å². The number of rotatable bonds is 11. The third-order valence-electron chi connectivity index (χ3n) is 5.49. The number of nitrogens with zero attached hydrogens (tertiary/aromatic N) is 5. The molecule has 0 fully saturated rings. The summed E-state index contributed by atoms with van der Waals surface area (Å²) in [4.78, 5) is 10.5. The highest BCUT2D eigenvalue weighted by Crippen LogP contribution is 2.27. The molecule has 2 aromatic heterocycles. The first-order chi connectivity index (χ1) is 15.3. The molecule has 6 nitrogen and oxygen atoms in total. The molecule has 0 radical (unpaired) electrons. The average molecular weight is 450 g/mol. The van der Waals surface area contributed by atoms with Crippen molar-refractivity contribution in [2.75, 3.05) is 19.6 Å². The molecule has 32 heavy (non-hydrogen) atoms. The number of fused-ring (bicyclic) bond motifs is 1. The van der Waals surface area contributed by atoms with Crippen LogP contribution in [-0.4, -0.2) is 44.2 Å². The van der Waals surface area contributed by atoms with Crippen molar-refractivity contribution in [1.29, 1.82) is 0 Å². The van der Waals surface area contributed by atoms with Crippen molar-refractivity contribution < 1.29 is 17.7 Å². The molecule has 0 saturated heterocycles. The second kappa shape index (κ2) is 10.8. The van der Waals surface area contributed by atoms with Crippen molar-refractivity contribution in [2.45, 2.75) is 59.2 Å². The Kier molecular flexibility index (Phi) is 8.06. The summed E-state index contributed by atoms with van der Waals surface area (Å²) in [5, 5.41) is 3.34. The van der Waals surface area contributed by atoms with Crippen LogP contribution in [0.4, 0.5) is 13.2 Å². The van der Waals surface area contributed by atoms with Crippen LogP contribution in [0.25, 0.3) is 23.2 Å². The lowest BCUT2D eigenvalue weighted by molar-refractivity contribution is -0.159. The number of halogens is 3. The molecule has 9 heteroatoms. The van der Waals surface area contributed by atoms with E-state index < -0.39 is 12.1 Å². The predicted octanol–water partition coefficient (Wildman–Crippen LogP) is 5.82. The lowest BCUT2D eigenvalue weighted by Gasteiger charge is -2.21. The van der Waals surface area contributed by atoms with Gasteiger partial charge in [0.2, 0.25) is 0 Å². The van der Waals surface area contributed by atoms with E-state index in [2.05, 4.69) is 43.0 Å². The fourth-order valence-corrected chi connectivity index (χ4v) is 3.67. The zero-order valence-corrected chi connectivity index (χ0v) is 18.8. The Morgan fingerprint density at radius 2 is 1.88 bits per heavy atom. The predicted molar refractivity (Wildman–Crippen MR) is 119 cm³/mol. The van der Waals surface area contributed by atoms with Crippen LogP contribution in [-0.2, 0) is 12.7 Å². The Labute approximate surface area is 186 Å². The summed E-state index contributed by atoms with van der Waals surface area (Å²) in [6.45, 7) is 10.4. The van der Waals surface area contributed by atoms with Gasteiger partial charge in [0.1, 0.15) is 5.82 Å². The standard InChI is InChI=1S/C23H30F3N5O/c1-4-6-7-8-13-30(5-2)14-15-31-17(3)27-19-16-18(9-11-20(19)31)10-12-21-28-22(32-29-21)23(24,25)26/h9-12,16H,4-8,13-15H2,1-3H3/b12-10+. The second-order valence-electron chi connectivity index (χ2n) is 7.84. The molecule has 3 rings (SSSR count). The molecular formula is C23H30F3N5O. The van der Waals surface area contributed by atoms with Crippen LogP contribution < -0.4 is 0 Å². The highest BCUT2D eigenvalue weighted by molar-refractivity contribution is 5.81. The normalized spacial score (nSPS) is 12.6. The molecule has 0 aliphatic carbocycles. The van der Waals surface area contributed by atoms with E-state index in [-0.39, 0.29) is 5.82 Å². The fraction of sp³-hybridized carbons (Fsp3) is 0.522. The molecule has 0 saturated carbocycles. The van der Waals surface area contributed by atoms with Crippen molar-refractivity contribution in [3.05, 3.63) is 41.3 Å². The lowest BCUT2D eigenvalue weighted by atomic mass is 10.2. The molecule has 0 aliphatic rings. The molecule has 0 spiro atoms. The quantitative estimate of drug-likeness (QED) is 0.345. The zero-order chi connectivity index (χ0) is 23.1. The summed E-state index contributed by atoms with van der Waals surface area (Å²) in [6.07, 6.45) is 3.42. The monoisotopic (exact) mass is 449 g/mol. The van der Waals surface area contributed by atoms with Crippen molar-refractivity contribution >= 4 is 23.2 Å². The van der Waals surface area contributed by atoms with Gasteiger partial charge in [-0.15, -0.1) is 0 Å². The van der Waals surface area contributed by atoms with E-state index in [9.17, 15) is 13.2 Å². The van der Waals surface area contributed by atoms with E-state index in [0.29, 0.717) is 0 Å². The maximum atomic E-state index is 12.6. The first-order valence-corrected chi connectivity index (χ1v) is 11.1. The number of aryl methyl sites for hydroxylation is 1. The maximum Gasteiger partial charge on any atom is 0.471 e. The van der Waals surface area contributed by atoms with Gasteiger partial charge in [0, 0.05) is 13.1 Å². The number of alkyl halides is 3. The number of hydrogen-bond donors (Lipinski definition) is 0. The van der Waals surface area contributed by atoms with E-state index in [1.807, 2.05) is 25.1 Å². The Bertz CT molecular complexity index is 1040. The Morgan fingerprint density at radius 1 is 1.06 bits per heavy atom. The minimum atomic E-state index is -4.65. The van der Waals surface area contributed by atoms with Gasteiger partial charge in [0.25, 0.3) is 0 Å². The number of hydrogen-bond acceptors (Lipinski definition) is 5. The van der Waals surface area contributed by atoms with Crippen LogP contribution in [0.15, 0.2) is 22.7 Å². The van der Waals surface area contributed by atoms with Gasteiger partial charge in [-0.1, -0.05) is 50.4 Å². The Hall–Kier alpha value is -2.68. The molecule has 3 aromatic rings. The number of unbranched alkanes of at least 4 members (excludes halogenated alkanes) is 3. The first-order valence-electron chi connectivity index (χ1n) is 11.1. The van der Waals surface area contributed by atoms with E-state index in [1.165, 1.54) is 31.8 Å². The summed E-state index contributed by atoms with van der Waals surface area (Å²) in [7, 11) is 0. The van der Waals surface area contributed by atoms with E-state index in [4.69, 9.17) is 0 Å². The van der Waals surface area contributed by atoms with Gasteiger partial charge in [0.15, 0.2) is 5.82 Å².